The van der Waals surface area contributed by atoms with E-state index in [0.717, 1.165) is 56.3 Å². The minimum Gasteiger partial charge on any atom is -0.385 e. The summed E-state index contributed by atoms with van der Waals surface area (Å²) < 4.78 is 7.72. The van der Waals surface area contributed by atoms with Crippen LogP contribution in [0.3, 0.4) is 0 Å². The van der Waals surface area contributed by atoms with Crippen LogP contribution in [0.2, 0.25) is 0 Å². The average Bonchev–Trinajstić information content (AvgIpc) is 3.62. The van der Waals surface area contributed by atoms with Gasteiger partial charge in [0.05, 0.1) is 41.8 Å². The van der Waals surface area contributed by atoms with Gasteiger partial charge >= 0.3 is 0 Å². The number of hydrogen-bond acceptors (Lipinski definition) is 8. The molecule has 39 heavy (non-hydrogen) atoms. The lowest BCUT2D eigenvalue weighted by Crippen LogP contribution is -2.54. The van der Waals surface area contributed by atoms with E-state index in [1.54, 1.807) is 18.2 Å². The van der Waals surface area contributed by atoms with E-state index in [1.807, 2.05) is 0 Å². The molecule has 2 saturated carbocycles. The van der Waals surface area contributed by atoms with Gasteiger partial charge in [-0.25, -0.2) is 0 Å². The Bertz CT molecular complexity index is 1350. The molecule has 0 radical (unpaired) electrons. The highest BCUT2D eigenvalue weighted by Gasteiger charge is 2.44. The summed E-state index contributed by atoms with van der Waals surface area (Å²) in [6.07, 6.45) is 7.02. The highest BCUT2D eigenvalue weighted by Crippen LogP contribution is 2.46. The van der Waals surface area contributed by atoms with Gasteiger partial charge in [-0.15, -0.1) is 0 Å². The van der Waals surface area contributed by atoms with Crippen LogP contribution in [0.15, 0.2) is 24.4 Å². The molecular formula is C28H32N6O5. The molecule has 7 rings (SSSR count). The normalized spacial score (nSPS) is 26.9. The quantitative estimate of drug-likeness (QED) is 0.519. The third-order valence-electron chi connectivity index (χ3n) is 8.68. The van der Waals surface area contributed by atoms with Crippen LogP contribution in [0, 0.1) is 5.92 Å². The predicted molar refractivity (Wildman–Crippen MR) is 141 cm³/mol. The van der Waals surface area contributed by atoms with E-state index in [-0.39, 0.29) is 18.7 Å². The molecule has 1 atom stereocenters. The standard InChI is InChI=1S/C28H32N6O5/c35-24-6-5-22(26(36)30-24)34-27(37)20-4-3-18(13-21(20)28(34)38)29-14-16-11-19(12-16)33-15-23(25(31-33)17-1-2-17)32-7-9-39-10-8-32/h3-4,13,15-17,19,22,29H,1-2,5-12,14H2,(H,30,35,36)/t16-,19-,22?. The number of rotatable bonds is 7. The Morgan fingerprint density at radius 3 is 2.51 bits per heavy atom. The first kappa shape index (κ1) is 24.3. The van der Waals surface area contributed by atoms with Gasteiger partial charge < -0.3 is 15.0 Å². The highest BCUT2D eigenvalue weighted by atomic mass is 16.5. The fourth-order valence-electron chi connectivity index (χ4n) is 6.20. The summed E-state index contributed by atoms with van der Waals surface area (Å²) in [6.45, 7) is 4.14. The molecule has 5 aliphatic rings. The molecule has 2 aliphatic carbocycles. The van der Waals surface area contributed by atoms with Gasteiger partial charge in [0.25, 0.3) is 11.8 Å². The second-order valence-corrected chi connectivity index (χ2v) is 11.3. The zero-order valence-corrected chi connectivity index (χ0v) is 21.7. The molecule has 204 valence electrons. The number of imide groups is 2. The van der Waals surface area contributed by atoms with Crippen LogP contribution in [0.5, 0.6) is 0 Å². The van der Waals surface area contributed by atoms with Crippen molar-refractivity contribution in [2.45, 2.75) is 56.5 Å². The van der Waals surface area contributed by atoms with Gasteiger partial charge in [-0.1, -0.05) is 0 Å². The Morgan fingerprint density at radius 1 is 1.00 bits per heavy atom. The number of benzene rings is 1. The number of nitrogens with zero attached hydrogens (tertiary/aromatic N) is 4. The van der Waals surface area contributed by atoms with E-state index in [2.05, 4.69) is 26.4 Å². The maximum atomic E-state index is 13.1. The predicted octanol–water partition coefficient (Wildman–Crippen LogP) is 2.06. The lowest BCUT2D eigenvalue weighted by molar-refractivity contribution is -0.136. The van der Waals surface area contributed by atoms with Crippen LogP contribution in [-0.2, 0) is 14.3 Å². The minimum absolute atomic E-state index is 0.105. The molecule has 2 saturated heterocycles. The van der Waals surface area contributed by atoms with Crippen molar-refractivity contribution in [3.8, 4) is 0 Å². The number of aromatic nitrogens is 2. The first-order chi connectivity index (χ1) is 19.0. The zero-order valence-electron chi connectivity index (χ0n) is 21.7. The van der Waals surface area contributed by atoms with E-state index in [4.69, 9.17) is 9.84 Å². The highest BCUT2D eigenvalue weighted by molar-refractivity contribution is 6.23. The number of carbonyl (C=O) groups excluding carboxylic acids is 4. The summed E-state index contributed by atoms with van der Waals surface area (Å²) in [7, 11) is 0. The topological polar surface area (TPSA) is 126 Å². The van der Waals surface area contributed by atoms with Crippen molar-refractivity contribution in [3.05, 3.63) is 41.2 Å². The molecule has 2 aromatic rings. The summed E-state index contributed by atoms with van der Waals surface area (Å²) in [6, 6.07) is 4.58. The van der Waals surface area contributed by atoms with Crippen molar-refractivity contribution in [3.63, 3.8) is 0 Å². The number of morpholine rings is 1. The summed E-state index contributed by atoms with van der Waals surface area (Å²) in [5.74, 6) is -0.872. The van der Waals surface area contributed by atoms with E-state index in [0.29, 0.717) is 29.0 Å². The van der Waals surface area contributed by atoms with Gasteiger partial charge in [0, 0.05) is 43.9 Å². The Hall–Kier alpha value is -3.73. The van der Waals surface area contributed by atoms with Crippen LogP contribution in [-0.4, -0.2) is 77.2 Å². The molecule has 2 N–H and O–H groups in total. The van der Waals surface area contributed by atoms with Gasteiger partial charge in [-0.3, -0.25) is 34.1 Å². The van der Waals surface area contributed by atoms with Crippen LogP contribution in [0.25, 0.3) is 0 Å². The molecule has 1 aromatic heterocycles. The molecule has 1 aromatic carbocycles. The number of hydrogen-bond donors (Lipinski definition) is 2. The van der Waals surface area contributed by atoms with Crippen molar-refractivity contribution in [2.75, 3.05) is 43.1 Å². The third kappa shape index (κ3) is 4.38. The van der Waals surface area contributed by atoms with Crippen LogP contribution < -0.4 is 15.5 Å². The molecule has 1 unspecified atom stereocenters. The van der Waals surface area contributed by atoms with Gasteiger partial charge in [0.1, 0.15) is 6.04 Å². The maximum absolute atomic E-state index is 13.1. The van der Waals surface area contributed by atoms with Crippen LogP contribution in [0.4, 0.5) is 11.4 Å². The van der Waals surface area contributed by atoms with Crippen LogP contribution >= 0.6 is 0 Å². The van der Waals surface area contributed by atoms with Crippen molar-refractivity contribution >= 4 is 35.0 Å². The number of carbonyl (C=O) groups is 4. The van der Waals surface area contributed by atoms with E-state index in [1.165, 1.54) is 24.2 Å². The Balaban J connectivity index is 0.970. The fraction of sp³-hybridized carbons (Fsp3) is 0.536. The van der Waals surface area contributed by atoms with Gasteiger partial charge in [-0.2, -0.15) is 5.10 Å². The van der Waals surface area contributed by atoms with E-state index < -0.39 is 23.8 Å². The Labute approximate surface area is 225 Å². The molecule has 4 fully saturated rings. The molecule has 0 spiro atoms. The molecular weight excluding hydrogens is 500 g/mol. The molecule has 3 aliphatic heterocycles. The van der Waals surface area contributed by atoms with Crippen LogP contribution in [0.1, 0.15) is 76.9 Å². The summed E-state index contributed by atoms with van der Waals surface area (Å²) in [4.78, 5) is 53.2. The molecule has 4 amide bonds. The first-order valence-corrected chi connectivity index (χ1v) is 14.0. The summed E-state index contributed by atoms with van der Waals surface area (Å²) in [5.41, 5.74) is 3.89. The lowest BCUT2D eigenvalue weighted by Gasteiger charge is -2.35. The molecule has 11 nitrogen and oxygen atoms in total. The average molecular weight is 533 g/mol. The zero-order chi connectivity index (χ0) is 26.7. The second-order valence-electron chi connectivity index (χ2n) is 11.3. The smallest absolute Gasteiger partial charge is 0.262 e. The maximum Gasteiger partial charge on any atom is 0.262 e. The number of nitrogens with one attached hydrogen (secondary N) is 2. The van der Waals surface area contributed by atoms with Crippen molar-refractivity contribution in [2.24, 2.45) is 5.92 Å². The van der Waals surface area contributed by atoms with Gasteiger partial charge in [0.2, 0.25) is 11.8 Å². The summed E-state index contributed by atoms with van der Waals surface area (Å²) in [5, 5.41) is 10.7. The minimum atomic E-state index is -0.954. The first-order valence-electron chi connectivity index (χ1n) is 14.0. The van der Waals surface area contributed by atoms with Crippen molar-refractivity contribution < 1.29 is 23.9 Å². The number of piperidine rings is 1. The number of amides is 4. The Kier molecular flexibility index (Phi) is 5.91. The van der Waals surface area contributed by atoms with Crippen molar-refractivity contribution in [1.29, 1.82) is 0 Å². The van der Waals surface area contributed by atoms with E-state index >= 15 is 0 Å². The monoisotopic (exact) mass is 532 g/mol. The molecule has 0 bridgehead atoms. The fourth-order valence-corrected chi connectivity index (χ4v) is 6.20. The van der Waals surface area contributed by atoms with Crippen molar-refractivity contribution in [1.82, 2.24) is 20.0 Å². The summed E-state index contributed by atoms with van der Waals surface area (Å²) >= 11 is 0. The third-order valence-corrected chi connectivity index (χ3v) is 8.68. The van der Waals surface area contributed by atoms with Gasteiger partial charge in [0.15, 0.2) is 0 Å². The number of fused-ring (bicyclic) bond motifs is 1. The van der Waals surface area contributed by atoms with E-state index in [9.17, 15) is 19.2 Å². The largest absolute Gasteiger partial charge is 0.385 e. The SMILES string of the molecule is O=C1CCC(N2C(=O)c3ccc(NC[C@H]4C[C@H](n5cc(N6CCOCC6)c(C6CC6)n5)C4)cc3C2=O)C(=O)N1. The number of anilines is 2. The second kappa shape index (κ2) is 9.48. The molecule has 11 heteroatoms. The molecule has 4 heterocycles. The lowest BCUT2D eigenvalue weighted by atomic mass is 9.80. The Morgan fingerprint density at radius 2 is 1.77 bits per heavy atom. The number of ether oxygens (including phenoxy) is 1. The van der Waals surface area contributed by atoms with Gasteiger partial charge in [-0.05, 0) is 56.2 Å².